The molecule has 0 unspecified atom stereocenters. The van der Waals surface area contributed by atoms with E-state index in [9.17, 15) is 4.79 Å². The van der Waals surface area contributed by atoms with E-state index in [0.29, 0.717) is 12.1 Å². The van der Waals surface area contributed by atoms with Gasteiger partial charge in [0.15, 0.2) is 0 Å². The highest BCUT2D eigenvalue weighted by Gasteiger charge is 2.53. The minimum atomic E-state index is -2.79. The number of rotatable bonds is 4. The van der Waals surface area contributed by atoms with E-state index in [1.165, 1.54) is 0 Å². The molecule has 1 aliphatic rings. The van der Waals surface area contributed by atoms with E-state index in [4.69, 9.17) is 4.53 Å². The third-order valence-corrected chi connectivity index (χ3v) is 10.6. The molecule has 0 atom stereocenters. The van der Waals surface area contributed by atoms with Gasteiger partial charge < -0.3 is 4.53 Å². The number of carbonyl (C=O) groups excluding carboxylic acids is 1. The van der Waals surface area contributed by atoms with Crippen LogP contribution < -0.4 is 10.4 Å². The first-order valence-electron chi connectivity index (χ1n) is 10.4. The van der Waals surface area contributed by atoms with Crippen LogP contribution >= 0.6 is 0 Å². The van der Waals surface area contributed by atoms with Gasteiger partial charge in [-0.3, -0.25) is 4.79 Å². The summed E-state index contributed by atoms with van der Waals surface area (Å²) in [6.45, 7) is 6.62. The summed E-state index contributed by atoms with van der Waals surface area (Å²) in [5.74, 6) is -0.0187. The van der Waals surface area contributed by atoms with Crippen molar-refractivity contribution in [2.75, 3.05) is 0 Å². The molecule has 0 aliphatic heterocycles. The van der Waals surface area contributed by atoms with Gasteiger partial charge in [-0.15, -0.1) is 5.16 Å². The van der Waals surface area contributed by atoms with Gasteiger partial charge in [-0.25, -0.2) is 0 Å². The molecule has 3 nitrogen and oxygen atoms in total. The molecule has 0 bridgehead atoms. The second-order valence-corrected chi connectivity index (χ2v) is 13.0. The van der Waals surface area contributed by atoms with Crippen LogP contribution in [0.25, 0.3) is 0 Å². The van der Waals surface area contributed by atoms with Crippen molar-refractivity contribution in [2.45, 2.75) is 38.7 Å². The first kappa shape index (κ1) is 20.3. The van der Waals surface area contributed by atoms with Gasteiger partial charge in [0, 0.05) is 17.0 Å². The highest BCUT2D eigenvalue weighted by Crippen LogP contribution is 2.37. The number of Topliss-reactive ketones (excluding diaryl/α,β-unsaturated/α-hetero) is 1. The SMILES string of the molecule is CC(C)(C)[Si](O/N=C1\CCc2ccccc2C1=O)(c1ccccc1)c1ccccc1. The number of nitrogens with zero attached hydrogens (tertiary/aromatic N) is 1. The third kappa shape index (κ3) is 3.52. The lowest BCUT2D eigenvalue weighted by molar-refractivity contribution is 0.105. The van der Waals surface area contributed by atoms with Crippen molar-refractivity contribution >= 4 is 30.2 Å². The predicted molar refractivity (Wildman–Crippen MR) is 125 cm³/mol. The minimum Gasteiger partial charge on any atom is -0.443 e. The number of ketones is 1. The molecular weight excluding hydrogens is 386 g/mol. The topological polar surface area (TPSA) is 38.7 Å². The second kappa shape index (κ2) is 8.03. The molecule has 0 radical (unpaired) electrons. The summed E-state index contributed by atoms with van der Waals surface area (Å²) < 4.78 is 6.60. The monoisotopic (exact) mass is 413 g/mol. The summed E-state index contributed by atoms with van der Waals surface area (Å²) in [5.41, 5.74) is 2.35. The van der Waals surface area contributed by atoms with E-state index < -0.39 is 8.32 Å². The Morgan fingerprint density at radius 1 is 0.767 bits per heavy atom. The van der Waals surface area contributed by atoms with E-state index in [1.807, 2.05) is 60.7 Å². The number of carbonyl (C=O) groups is 1. The molecule has 0 N–H and O–H groups in total. The molecule has 1 aliphatic carbocycles. The molecule has 0 aromatic heterocycles. The Morgan fingerprint density at radius 3 is 1.87 bits per heavy atom. The van der Waals surface area contributed by atoms with Crippen LogP contribution in [0.5, 0.6) is 0 Å². The van der Waals surface area contributed by atoms with Gasteiger partial charge in [0.25, 0.3) is 0 Å². The fourth-order valence-corrected chi connectivity index (χ4v) is 8.43. The molecule has 0 fully saturated rings. The zero-order valence-electron chi connectivity index (χ0n) is 17.8. The lowest BCUT2D eigenvalue weighted by Crippen LogP contribution is -2.65. The van der Waals surface area contributed by atoms with Crippen molar-refractivity contribution in [1.82, 2.24) is 0 Å². The largest absolute Gasteiger partial charge is 0.443 e. The Hall–Kier alpha value is -2.98. The van der Waals surface area contributed by atoms with Gasteiger partial charge in [-0.1, -0.05) is 106 Å². The van der Waals surface area contributed by atoms with Gasteiger partial charge in [0.05, 0.1) is 0 Å². The first-order valence-corrected chi connectivity index (χ1v) is 12.3. The number of oxime groups is 1. The summed E-state index contributed by atoms with van der Waals surface area (Å²) in [6.07, 6.45) is 1.42. The highest BCUT2D eigenvalue weighted by molar-refractivity contribution is 6.99. The maximum atomic E-state index is 13.1. The summed E-state index contributed by atoms with van der Waals surface area (Å²) in [6, 6.07) is 28.5. The Labute approximate surface area is 179 Å². The average molecular weight is 414 g/mol. The molecule has 0 saturated heterocycles. The smallest absolute Gasteiger partial charge is 0.354 e. The molecule has 30 heavy (non-hydrogen) atoms. The van der Waals surface area contributed by atoms with E-state index in [2.05, 4.69) is 50.2 Å². The molecule has 3 aromatic carbocycles. The van der Waals surface area contributed by atoms with Crippen LogP contribution in [-0.2, 0) is 10.9 Å². The summed E-state index contributed by atoms with van der Waals surface area (Å²) in [4.78, 5) is 13.1. The van der Waals surface area contributed by atoms with E-state index in [-0.39, 0.29) is 10.8 Å². The van der Waals surface area contributed by atoms with E-state index >= 15 is 0 Å². The van der Waals surface area contributed by atoms with Gasteiger partial charge in [0.1, 0.15) is 5.71 Å². The number of hydrogen-bond donors (Lipinski definition) is 0. The van der Waals surface area contributed by atoms with Crippen molar-refractivity contribution < 1.29 is 9.32 Å². The van der Waals surface area contributed by atoms with Crippen molar-refractivity contribution in [3.63, 3.8) is 0 Å². The van der Waals surface area contributed by atoms with Gasteiger partial charge >= 0.3 is 8.32 Å². The molecule has 0 saturated carbocycles. The molecule has 0 heterocycles. The normalized spacial score (nSPS) is 15.7. The predicted octanol–water partition coefficient (Wildman–Crippen LogP) is 4.75. The van der Waals surface area contributed by atoms with Crippen molar-refractivity contribution in [2.24, 2.45) is 5.16 Å². The number of aryl methyl sites for hydroxylation is 1. The number of benzene rings is 3. The van der Waals surface area contributed by atoms with Crippen molar-refractivity contribution in [1.29, 1.82) is 0 Å². The minimum absolute atomic E-state index is 0.0187. The van der Waals surface area contributed by atoms with Crippen LogP contribution in [0.4, 0.5) is 0 Å². The molecule has 152 valence electrons. The van der Waals surface area contributed by atoms with Gasteiger partial charge in [0.2, 0.25) is 5.78 Å². The fourth-order valence-electron chi connectivity index (χ4n) is 4.31. The fraction of sp³-hybridized carbons (Fsp3) is 0.231. The quantitative estimate of drug-likeness (QED) is 0.457. The van der Waals surface area contributed by atoms with Crippen molar-refractivity contribution in [3.8, 4) is 0 Å². The Bertz CT molecular complexity index is 1030. The molecular formula is C26H27NO2Si. The summed E-state index contributed by atoms with van der Waals surface area (Å²) in [5, 5.41) is 6.70. The Morgan fingerprint density at radius 2 is 1.30 bits per heavy atom. The van der Waals surface area contributed by atoms with Crippen LogP contribution in [0.1, 0.15) is 43.1 Å². The highest BCUT2D eigenvalue weighted by atomic mass is 28.4. The standard InChI is InChI=1S/C26H27NO2Si/c1-26(2,3)30(21-13-6-4-7-14-21,22-15-8-5-9-16-22)29-27-24-19-18-20-12-10-11-17-23(20)25(24)28/h4-17H,18-19H2,1-3H3/b27-24+. The zero-order valence-corrected chi connectivity index (χ0v) is 18.8. The van der Waals surface area contributed by atoms with Gasteiger partial charge in [-0.2, -0.15) is 0 Å². The molecule has 3 aromatic rings. The van der Waals surface area contributed by atoms with Crippen LogP contribution in [0.15, 0.2) is 90.1 Å². The molecule has 4 rings (SSSR count). The second-order valence-electron chi connectivity index (χ2n) is 8.78. The third-order valence-electron chi connectivity index (χ3n) is 5.86. The van der Waals surface area contributed by atoms with E-state index in [1.54, 1.807) is 0 Å². The maximum absolute atomic E-state index is 13.1. The van der Waals surface area contributed by atoms with Crippen molar-refractivity contribution in [3.05, 3.63) is 96.1 Å². The Balaban J connectivity index is 1.82. The van der Waals surface area contributed by atoms with Crippen LogP contribution in [-0.4, -0.2) is 19.8 Å². The summed E-state index contributed by atoms with van der Waals surface area (Å²) >= 11 is 0. The average Bonchev–Trinajstić information content (AvgIpc) is 2.76. The lowest BCUT2D eigenvalue weighted by atomic mass is 9.89. The van der Waals surface area contributed by atoms with Crippen LogP contribution in [0.2, 0.25) is 5.04 Å². The van der Waals surface area contributed by atoms with Crippen LogP contribution in [0.3, 0.4) is 0 Å². The molecule has 0 spiro atoms. The number of fused-ring (bicyclic) bond motifs is 1. The zero-order chi connectivity index (χ0) is 21.2. The first-order chi connectivity index (χ1) is 14.4. The molecule has 0 amide bonds. The van der Waals surface area contributed by atoms with Gasteiger partial charge in [-0.05, 0) is 22.4 Å². The van der Waals surface area contributed by atoms with Crippen LogP contribution in [0, 0.1) is 0 Å². The van der Waals surface area contributed by atoms with E-state index in [0.717, 1.165) is 27.9 Å². The Kier molecular flexibility index (Phi) is 5.44. The summed E-state index contributed by atoms with van der Waals surface area (Å²) in [7, 11) is -2.79. The maximum Gasteiger partial charge on any atom is 0.354 e. The molecule has 4 heteroatoms. The lowest BCUT2D eigenvalue weighted by Gasteiger charge is -2.40. The number of hydrogen-bond acceptors (Lipinski definition) is 3.